The molecule has 2 atom stereocenters. The Bertz CT molecular complexity index is 482. The summed E-state index contributed by atoms with van der Waals surface area (Å²) in [6, 6.07) is 15.6. The highest BCUT2D eigenvalue weighted by molar-refractivity contribution is 5.25. The summed E-state index contributed by atoms with van der Waals surface area (Å²) in [6.45, 7) is 1.89. The first-order chi connectivity index (χ1) is 8.66. The van der Waals surface area contributed by atoms with Crippen LogP contribution in [-0.4, -0.2) is 6.04 Å². The molecule has 0 heterocycles. The van der Waals surface area contributed by atoms with Crippen LogP contribution in [0.5, 0.6) is 5.75 Å². The molecule has 18 heavy (non-hydrogen) atoms. The molecule has 0 bridgehead atoms. The summed E-state index contributed by atoms with van der Waals surface area (Å²) in [5, 5.41) is 0. The van der Waals surface area contributed by atoms with Crippen molar-refractivity contribution < 1.29 is 9.13 Å². The standard InChI is InChI=1S/C15H16FNO/c1-11(17)15(12-5-3-2-4-6-12)18-14-9-7-13(16)8-10-14/h2-11,15H,17H2,1H3. The van der Waals surface area contributed by atoms with Crippen LogP contribution in [0, 0.1) is 5.82 Å². The molecule has 0 aliphatic rings. The van der Waals surface area contributed by atoms with Gasteiger partial charge in [-0.1, -0.05) is 30.3 Å². The zero-order valence-corrected chi connectivity index (χ0v) is 10.2. The van der Waals surface area contributed by atoms with Gasteiger partial charge in [-0.05, 0) is 36.8 Å². The zero-order chi connectivity index (χ0) is 13.0. The van der Waals surface area contributed by atoms with Gasteiger partial charge in [-0.15, -0.1) is 0 Å². The van der Waals surface area contributed by atoms with Crippen molar-refractivity contribution >= 4 is 0 Å². The third kappa shape index (κ3) is 3.08. The minimum Gasteiger partial charge on any atom is -0.484 e. The SMILES string of the molecule is CC(N)C(Oc1ccc(F)cc1)c1ccccc1. The average molecular weight is 245 g/mol. The van der Waals surface area contributed by atoms with Crippen molar-refractivity contribution in [3.8, 4) is 5.75 Å². The molecule has 0 aliphatic heterocycles. The van der Waals surface area contributed by atoms with Gasteiger partial charge in [0.2, 0.25) is 0 Å². The number of ether oxygens (including phenoxy) is 1. The van der Waals surface area contributed by atoms with E-state index < -0.39 is 0 Å². The van der Waals surface area contributed by atoms with Crippen LogP contribution in [0.2, 0.25) is 0 Å². The van der Waals surface area contributed by atoms with Crippen molar-refractivity contribution in [2.45, 2.75) is 19.1 Å². The first kappa shape index (κ1) is 12.6. The highest BCUT2D eigenvalue weighted by Crippen LogP contribution is 2.24. The van der Waals surface area contributed by atoms with Gasteiger partial charge in [0, 0.05) is 6.04 Å². The van der Waals surface area contributed by atoms with E-state index in [9.17, 15) is 4.39 Å². The number of nitrogens with two attached hydrogens (primary N) is 1. The highest BCUT2D eigenvalue weighted by Gasteiger charge is 2.17. The fraction of sp³-hybridized carbons (Fsp3) is 0.200. The lowest BCUT2D eigenvalue weighted by atomic mass is 10.0. The largest absolute Gasteiger partial charge is 0.484 e. The smallest absolute Gasteiger partial charge is 0.138 e. The van der Waals surface area contributed by atoms with E-state index in [4.69, 9.17) is 10.5 Å². The van der Waals surface area contributed by atoms with Crippen molar-refractivity contribution in [3.63, 3.8) is 0 Å². The molecular formula is C15H16FNO. The van der Waals surface area contributed by atoms with E-state index in [1.807, 2.05) is 37.3 Å². The molecule has 2 aromatic rings. The monoisotopic (exact) mass is 245 g/mol. The maximum absolute atomic E-state index is 12.8. The Kier molecular flexibility index (Phi) is 3.95. The van der Waals surface area contributed by atoms with Gasteiger partial charge in [-0.25, -0.2) is 4.39 Å². The normalized spacial score (nSPS) is 13.9. The van der Waals surface area contributed by atoms with Crippen molar-refractivity contribution in [2.24, 2.45) is 5.73 Å². The van der Waals surface area contributed by atoms with E-state index in [-0.39, 0.29) is 18.0 Å². The Morgan fingerprint density at radius 3 is 2.17 bits per heavy atom. The molecule has 0 amide bonds. The number of halogens is 1. The molecule has 0 saturated heterocycles. The highest BCUT2D eigenvalue weighted by atomic mass is 19.1. The molecule has 94 valence electrons. The minimum absolute atomic E-state index is 0.155. The van der Waals surface area contributed by atoms with Crippen molar-refractivity contribution in [1.82, 2.24) is 0 Å². The molecule has 0 aliphatic carbocycles. The van der Waals surface area contributed by atoms with Gasteiger partial charge in [0.25, 0.3) is 0 Å². The number of benzene rings is 2. The number of rotatable bonds is 4. The lowest BCUT2D eigenvalue weighted by Crippen LogP contribution is -2.29. The Hall–Kier alpha value is -1.87. The first-order valence-electron chi connectivity index (χ1n) is 5.89. The van der Waals surface area contributed by atoms with Gasteiger partial charge >= 0.3 is 0 Å². The topological polar surface area (TPSA) is 35.2 Å². The quantitative estimate of drug-likeness (QED) is 0.897. The van der Waals surface area contributed by atoms with E-state index in [0.717, 1.165) is 5.56 Å². The van der Waals surface area contributed by atoms with Crippen LogP contribution in [-0.2, 0) is 0 Å². The van der Waals surface area contributed by atoms with E-state index in [1.165, 1.54) is 12.1 Å². The van der Waals surface area contributed by atoms with E-state index in [1.54, 1.807) is 12.1 Å². The number of hydrogen-bond acceptors (Lipinski definition) is 2. The Morgan fingerprint density at radius 1 is 1.00 bits per heavy atom. The molecule has 0 saturated carbocycles. The van der Waals surface area contributed by atoms with Crippen molar-refractivity contribution in [2.75, 3.05) is 0 Å². The molecule has 0 aromatic heterocycles. The summed E-state index contributed by atoms with van der Waals surface area (Å²) >= 11 is 0. The summed E-state index contributed by atoms with van der Waals surface area (Å²) in [7, 11) is 0. The Morgan fingerprint density at radius 2 is 1.61 bits per heavy atom. The van der Waals surface area contributed by atoms with Gasteiger partial charge in [0.05, 0.1) is 0 Å². The minimum atomic E-state index is -0.278. The predicted molar refractivity (Wildman–Crippen MR) is 69.9 cm³/mol. The molecular weight excluding hydrogens is 229 g/mol. The van der Waals surface area contributed by atoms with Gasteiger partial charge in [-0.2, -0.15) is 0 Å². The molecule has 2 nitrogen and oxygen atoms in total. The van der Waals surface area contributed by atoms with E-state index in [0.29, 0.717) is 5.75 Å². The van der Waals surface area contributed by atoms with E-state index in [2.05, 4.69) is 0 Å². The molecule has 0 spiro atoms. The molecule has 2 rings (SSSR count). The first-order valence-corrected chi connectivity index (χ1v) is 5.89. The molecule has 0 fully saturated rings. The van der Waals surface area contributed by atoms with Gasteiger partial charge < -0.3 is 10.5 Å². The summed E-state index contributed by atoms with van der Waals surface area (Å²) in [4.78, 5) is 0. The van der Waals surface area contributed by atoms with Crippen molar-refractivity contribution in [1.29, 1.82) is 0 Å². The number of hydrogen-bond donors (Lipinski definition) is 1. The maximum atomic E-state index is 12.8. The summed E-state index contributed by atoms with van der Waals surface area (Å²) in [5.74, 6) is 0.335. The average Bonchev–Trinajstić information content (AvgIpc) is 2.38. The predicted octanol–water partition coefficient (Wildman–Crippen LogP) is 3.29. The summed E-state index contributed by atoms with van der Waals surface area (Å²) < 4.78 is 18.7. The summed E-state index contributed by atoms with van der Waals surface area (Å²) in [5.41, 5.74) is 6.96. The molecule has 2 N–H and O–H groups in total. The van der Waals surface area contributed by atoms with Crippen LogP contribution < -0.4 is 10.5 Å². The van der Waals surface area contributed by atoms with Crippen LogP contribution in [0.15, 0.2) is 54.6 Å². The second-order valence-corrected chi connectivity index (χ2v) is 4.26. The van der Waals surface area contributed by atoms with Crippen LogP contribution >= 0.6 is 0 Å². The zero-order valence-electron chi connectivity index (χ0n) is 10.2. The van der Waals surface area contributed by atoms with Crippen LogP contribution in [0.25, 0.3) is 0 Å². The fourth-order valence-electron chi connectivity index (χ4n) is 1.78. The lowest BCUT2D eigenvalue weighted by molar-refractivity contribution is 0.180. The fourth-order valence-corrected chi connectivity index (χ4v) is 1.78. The molecule has 0 radical (unpaired) electrons. The summed E-state index contributed by atoms with van der Waals surface area (Å²) in [6.07, 6.45) is -0.239. The Balaban J connectivity index is 2.19. The molecule has 3 heteroatoms. The molecule has 2 aromatic carbocycles. The third-order valence-corrected chi connectivity index (χ3v) is 2.68. The Labute approximate surface area is 106 Å². The molecule has 2 unspecified atom stereocenters. The van der Waals surface area contributed by atoms with Crippen LogP contribution in [0.1, 0.15) is 18.6 Å². The second-order valence-electron chi connectivity index (χ2n) is 4.26. The maximum Gasteiger partial charge on any atom is 0.138 e. The van der Waals surface area contributed by atoms with Crippen LogP contribution in [0.3, 0.4) is 0 Å². The third-order valence-electron chi connectivity index (χ3n) is 2.68. The van der Waals surface area contributed by atoms with E-state index >= 15 is 0 Å². The van der Waals surface area contributed by atoms with Gasteiger partial charge in [-0.3, -0.25) is 0 Å². The van der Waals surface area contributed by atoms with Gasteiger partial charge in [0.1, 0.15) is 17.7 Å². The van der Waals surface area contributed by atoms with Crippen LogP contribution in [0.4, 0.5) is 4.39 Å². The second kappa shape index (κ2) is 5.65. The van der Waals surface area contributed by atoms with Gasteiger partial charge in [0.15, 0.2) is 0 Å². The lowest BCUT2D eigenvalue weighted by Gasteiger charge is -2.23. The van der Waals surface area contributed by atoms with Crippen molar-refractivity contribution in [3.05, 3.63) is 66.0 Å².